The first kappa shape index (κ1) is 18.3. The number of carbonyl (C=O) groups excluding carboxylic acids is 1. The van der Waals surface area contributed by atoms with Crippen LogP contribution in [0.3, 0.4) is 0 Å². The fourth-order valence-electron chi connectivity index (χ4n) is 3.86. The number of allylic oxidation sites excluding steroid dienone is 2. The van der Waals surface area contributed by atoms with Gasteiger partial charge in [-0.15, -0.1) is 0 Å². The lowest BCUT2D eigenvalue weighted by Crippen LogP contribution is -2.37. The first-order valence-corrected chi connectivity index (χ1v) is 10.4. The predicted octanol–water partition coefficient (Wildman–Crippen LogP) is 3.34. The molecular formula is C21H25N2O3P. The van der Waals surface area contributed by atoms with E-state index in [0.29, 0.717) is 26.0 Å². The number of piperidine rings is 1. The number of amides is 1. The van der Waals surface area contributed by atoms with Gasteiger partial charge in [-0.05, 0) is 60.4 Å². The van der Waals surface area contributed by atoms with Gasteiger partial charge in [-0.2, -0.15) is 0 Å². The minimum Gasteiger partial charge on any atom is -0.493 e. The van der Waals surface area contributed by atoms with Crippen LogP contribution in [0.4, 0.5) is 0 Å². The standard InChI is InChI=1S/C21H25N2O3P/c1-25-17-5-3-15(11-18(17)26-2)19-12-20(24)23-13-16(4-6-21(23)27-19)14-7-9-22-10-8-14/h3-6,11-14,21-22,27H,7-10H2,1-2H3. The molecule has 0 spiro atoms. The molecule has 3 aliphatic rings. The van der Waals surface area contributed by atoms with E-state index in [1.165, 1.54) is 5.57 Å². The van der Waals surface area contributed by atoms with Gasteiger partial charge in [-0.3, -0.25) is 4.79 Å². The molecule has 0 aromatic heterocycles. The molecule has 0 bridgehead atoms. The number of fused-ring (bicyclic) bond motifs is 1. The quantitative estimate of drug-likeness (QED) is 0.809. The van der Waals surface area contributed by atoms with Crippen molar-refractivity contribution in [2.24, 2.45) is 5.92 Å². The van der Waals surface area contributed by atoms with Crippen molar-refractivity contribution in [3.05, 3.63) is 53.8 Å². The number of hydrogen-bond acceptors (Lipinski definition) is 4. The van der Waals surface area contributed by atoms with Gasteiger partial charge < -0.3 is 19.7 Å². The lowest BCUT2D eigenvalue weighted by molar-refractivity contribution is -0.123. The van der Waals surface area contributed by atoms with Crippen LogP contribution in [0.2, 0.25) is 0 Å². The molecule has 4 rings (SSSR count). The summed E-state index contributed by atoms with van der Waals surface area (Å²) in [5.41, 5.74) is 2.30. The van der Waals surface area contributed by atoms with Gasteiger partial charge in [0.05, 0.1) is 20.0 Å². The average molecular weight is 384 g/mol. The van der Waals surface area contributed by atoms with Gasteiger partial charge in [-0.1, -0.05) is 26.8 Å². The number of methoxy groups -OCH3 is 2. The van der Waals surface area contributed by atoms with Crippen LogP contribution in [-0.4, -0.2) is 43.9 Å². The maximum Gasteiger partial charge on any atom is 0.252 e. The zero-order valence-electron chi connectivity index (χ0n) is 15.7. The molecule has 6 heteroatoms. The van der Waals surface area contributed by atoms with Crippen molar-refractivity contribution in [2.75, 3.05) is 27.3 Å². The van der Waals surface area contributed by atoms with Crippen LogP contribution in [-0.2, 0) is 4.79 Å². The normalized spacial score (nSPS) is 23.7. The molecule has 3 aliphatic heterocycles. The number of nitrogens with one attached hydrogen (secondary N) is 1. The summed E-state index contributed by atoms with van der Waals surface area (Å²) in [5.74, 6) is 2.09. The molecule has 1 aromatic rings. The number of benzene rings is 1. The monoisotopic (exact) mass is 384 g/mol. The van der Waals surface area contributed by atoms with Crippen LogP contribution in [0.1, 0.15) is 18.4 Å². The number of ether oxygens (including phenoxy) is 2. The minimum absolute atomic E-state index is 0.0549. The largest absolute Gasteiger partial charge is 0.493 e. The van der Waals surface area contributed by atoms with Crippen LogP contribution < -0.4 is 14.8 Å². The fourth-order valence-corrected chi connectivity index (χ4v) is 5.24. The second-order valence-electron chi connectivity index (χ2n) is 6.97. The van der Waals surface area contributed by atoms with Crippen molar-refractivity contribution >= 4 is 19.8 Å². The zero-order chi connectivity index (χ0) is 18.8. The van der Waals surface area contributed by atoms with Crippen molar-refractivity contribution in [1.82, 2.24) is 10.2 Å². The molecule has 3 heterocycles. The molecule has 1 amide bonds. The van der Waals surface area contributed by atoms with E-state index in [0.717, 1.165) is 36.8 Å². The van der Waals surface area contributed by atoms with Gasteiger partial charge in [-0.25, -0.2) is 0 Å². The number of carbonyl (C=O) groups is 1. The first-order valence-electron chi connectivity index (χ1n) is 9.33. The van der Waals surface area contributed by atoms with Crippen LogP contribution in [0.5, 0.6) is 11.5 Å². The second kappa shape index (κ2) is 7.87. The van der Waals surface area contributed by atoms with Crippen molar-refractivity contribution in [1.29, 1.82) is 0 Å². The molecule has 0 radical (unpaired) electrons. The summed E-state index contributed by atoms with van der Waals surface area (Å²) in [5, 5.41) is 4.46. The molecule has 0 aliphatic carbocycles. The van der Waals surface area contributed by atoms with Crippen LogP contribution in [0.25, 0.3) is 5.31 Å². The van der Waals surface area contributed by atoms with Gasteiger partial charge in [0, 0.05) is 12.3 Å². The Bertz CT molecular complexity index is 825. The number of rotatable bonds is 4. The molecule has 1 N–H and O–H groups in total. The highest BCUT2D eigenvalue weighted by atomic mass is 31.1. The van der Waals surface area contributed by atoms with Crippen molar-refractivity contribution < 1.29 is 14.3 Å². The van der Waals surface area contributed by atoms with E-state index in [1.807, 2.05) is 23.1 Å². The van der Waals surface area contributed by atoms with Crippen LogP contribution >= 0.6 is 8.58 Å². The fraction of sp³-hybridized carbons (Fsp3) is 0.381. The van der Waals surface area contributed by atoms with E-state index < -0.39 is 0 Å². The Morgan fingerprint density at radius 3 is 2.67 bits per heavy atom. The Morgan fingerprint density at radius 1 is 1.15 bits per heavy atom. The summed E-state index contributed by atoms with van der Waals surface area (Å²) in [4.78, 5) is 14.7. The maximum atomic E-state index is 12.8. The predicted molar refractivity (Wildman–Crippen MR) is 109 cm³/mol. The van der Waals surface area contributed by atoms with Gasteiger partial charge in [0.2, 0.25) is 0 Å². The lowest BCUT2D eigenvalue weighted by atomic mass is 9.89. The number of nitrogens with zero attached hydrogens (tertiary/aromatic N) is 1. The van der Waals surface area contributed by atoms with E-state index in [2.05, 4.69) is 23.7 Å². The van der Waals surface area contributed by atoms with Crippen molar-refractivity contribution in [3.8, 4) is 11.5 Å². The third kappa shape index (κ3) is 3.67. The molecule has 1 aromatic carbocycles. The Kier molecular flexibility index (Phi) is 5.33. The molecule has 1 saturated heterocycles. The van der Waals surface area contributed by atoms with E-state index >= 15 is 0 Å². The lowest BCUT2D eigenvalue weighted by Gasteiger charge is -2.36. The van der Waals surface area contributed by atoms with Crippen molar-refractivity contribution in [3.63, 3.8) is 0 Å². The molecular weight excluding hydrogens is 359 g/mol. The molecule has 1 fully saturated rings. The highest BCUT2D eigenvalue weighted by Gasteiger charge is 2.30. The topological polar surface area (TPSA) is 50.8 Å². The third-order valence-electron chi connectivity index (χ3n) is 5.39. The van der Waals surface area contributed by atoms with E-state index in [1.54, 1.807) is 20.3 Å². The van der Waals surface area contributed by atoms with E-state index in [-0.39, 0.29) is 11.7 Å². The van der Waals surface area contributed by atoms with Crippen molar-refractivity contribution in [2.45, 2.75) is 18.6 Å². The van der Waals surface area contributed by atoms with E-state index in [9.17, 15) is 4.79 Å². The minimum atomic E-state index is 0.0549. The summed E-state index contributed by atoms with van der Waals surface area (Å²) in [6, 6.07) is 5.83. The highest BCUT2D eigenvalue weighted by molar-refractivity contribution is 7.51. The van der Waals surface area contributed by atoms with Gasteiger partial charge in [0.25, 0.3) is 5.91 Å². The van der Waals surface area contributed by atoms with Gasteiger partial charge in [0.1, 0.15) is 0 Å². The molecule has 0 saturated carbocycles. The number of hydrogen-bond donors (Lipinski definition) is 1. The molecule has 27 heavy (non-hydrogen) atoms. The maximum absolute atomic E-state index is 12.8. The Hall–Kier alpha value is -2.10. The molecule has 142 valence electrons. The second-order valence-corrected chi connectivity index (χ2v) is 8.39. The van der Waals surface area contributed by atoms with Gasteiger partial charge >= 0.3 is 0 Å². The smallest absolute Gasteiger partial charge is 0.252 e. The molecule has 2 unspecified atom stereocenters. The Labute approximate surface area is 161 Å². The zero-order valence-corrected chi connectivity index (χ0v) is 16.7. The third-order valence-corrected chi connectivity index (χ3v) is 6.90. The summed E-state index contributed by atoms with van der Waals surface area (Å²) in [7, 11) is 3.76. The van der Waals surface area contributed by atoms with Crippen LogP contribution in [0, 0.1) is 5.92 Å². The summed E-state index contributed by atoms with van der Waals surface area (Å²) in [6.45, 7) is 2.11. The summed E-state index contributed by atoms with van der Waals surface area (Å²) >= 11 is 0. The highest BCUT2D eigenvalue weighted by Crippen LogP contribution is 2.46. The SMILES string of the molecule is COc1ccc(C2=CC(=O)N3C=C(C4CCNCC4)C=CC3P2)cc1OC. The molecule has 2 atom stereocenters. The Balaban J connectivity index is 1.58. The van der Waals surface area contributed by atoms with Crippen LogP contribution in [0.15, 0.2) is 48.2 Å². The summed E-state index contributed by atoms with van der Waals surface area (Å²) < 4.78 is 10.7. The first-order chi connectivity index (χ1) is 13.2. The molecule has 5 nitrogen and oxygen atoms in total. The van der Waals surface area contributed by atoms with Gasteiger partial charge in [0.15, 0.2) is 11.5 Å². The Morgan fingerprint density at radius 2 is 1.93 bits per heavy atom. The summed E-state index contributed by atoms with van der Waals surface area (Å²) in [6.07, 6.45) is 10.6. The van der Waals surface area contributed by atoms with E-state index in [4.69, 9.17) is 9.47 Å². The average Bonchev–Trinajstić information content (AvgIpc) is 2.73.